The lowest BCUT2D eigenvalue weighted by Gasteiger charge is -2.37. The molecule has 0 spiro atoms. The van der Waals surface area contributed by atoms with Gasteiger partial charge in [-0.05, 0) is 68.2 Å². The van der Waals surface area contributed by atoms with Crippen molar-refractivity contribution in [1.29, 1.82) is 0 Å². The van der Waals surface area contributed by atoms with Gasteiger partial charge in [0.15, 0.2) is 0 Å². The van der Waals surface area contributed by atoms with Crippen molar-refractivity contribution >= 4 is 5.91 Å². The van der Waals surface area contributed by atoms with Crippen molar-refractivity contribution < 1.29 is 14.6 Å². The highest BCUT2D eigenvalue weighted by Crippen LogP contribution is 2.45. The van der Waals surface area contributed by atoms with Gasteiger partial charge in [0.2, 0.25) is 0 Å². The van der Waals surface area contributed by atoms with Gasteiger partial charge in [-0.25, -0.2) is 0 Å². The van der Waals surface area contributed by atoms with E-state index in [-0.39, 0.29) is 24.0 Å². The minimum atomic E-state index is -0.245. The Bertz CT molecular complexity index is 640. The van der Waals surface area contributed by atoms with Gasteiger partial charge in [0.05, 0.1) is 13.2 Å². The first-order valence-electron chi connectivity index (χ1n) is 9.86. The van der Waals surface area contributed by atoms with Gasteiger partial charge in [0.25, 0.3) is 5.91 Å². The summed E-state index contributed by atoms with van der Waals surface area (Å²) in [5.74, 6) is 1.84. The summed E-state index contributed by atoms with van der Waals surface area (Å²) in [6, 6.07) is 6.10. The highest BCUT2D eigenvalue weighted by Gasteiger charge is 2.39. The average molecular weight is 343 g/mol. The highest BCUT2D eigenvalue weighted by molar-refractivity contribution is 5.95. The van der Waals surface area contributed by atoms with E-state index >= 15 is 0 Å². The second-order valence-electron chi connectivity index (χ2n) is 7.95. The molecule has 1 aromatic rings. The van der Waals surface area contributed by atoms with E-state index in [1.165, 1.54) is 24.8 Å². The summed E-state index contributed by atoms with van der Waals surface area (Å²) in [6.07, 6.45) is 8.43. The number of ether oxygens (including phenoxy) is 1. The van der Waals surface area contributed by atoms with Crippen LogP contribution in [0.2, 0.25) is 0 Å². The van der Waals surface area contributed by atoms with Gasteiger partial charge >= 0.3 is 0 Å². The number of carbonyl (C=O) groups is 1. The van der Waals surface area contributed by atoms with E-state index in [2.05, 4.69) is 0 Å². The topological polar surface area (TPSA) is 49.8 Å². The van der Waals surface area contributed by atoms with Crippen molar-refractivity contribution in [2.75, 3.05) is 13.7 Å². The molecule has 136 valence electrons. The third-order valence-electron chi connectivity index (χ3n) is 6.33. The lowest BCUT2D eigenvalue weighted by Crippen LogP contribution is -2.45. The third kappa shape index (κ3) is 3.29. The number of aliphatic hydroxyl groups is 1. The quantitative estimate of drug-likeness (QED) is 0.906. The van der Waals surface area contributed by atoms with Crippen LogP contribution in [0.25, 0.3) is 0 Å². The molecule has 2 aliphatic carbocycles. The number of carbonyl (C=O) groups excluding carboxylic acids is 1. The molecule has 25 heavy (non-hydrogen) atoms. The van der Waals surface area contributed by atoms with Crippen LogP contribution in [0.5, 0.6) is 5.75 Å². The van der Waals surface area contributed by atoms with E-state index in [1.54, 1.807) is 7.11 Å². The van der Waals surface area contributed by atoms with E-state index in [9.17, 15) is 9.90 Å². The SMILES string of the molecule is COc1ccc(C(=O)N2CCC[C@@H]2[C@@H]2CCCC[C@H]2O)cc1C1CC1. The number of hydrogen-bond acceptors (Lipinski definition) is 3. The molecule has 1 amide bonds. The van der Waals surface area contributed by atoms with Crippen LogP contribution in [0.1, 0.15) is 73.2 Å². The number of nitrogens with zero attached hydrogens (tertiary/aromatic N) is 1. The molecule has 3 fully saturated rings. The van der Waals surface area contributed by atoms with Gasteiger partial charge in [-0.3, -0.25) is 4.79 Å². The Hall–Kier alpha value is -1.55. The van der Waals surface area contributed by atoms with E-state index in [4.69, 9.17) is 4.74 Å². The molecule has 1 aromatic carbocycles. The molecule has 3 aliphatic rings. The number of methoxy groups -OCH3 is 1. The monoisotopic (exact) mass is 343 g/mol. The fourth-order valence-electron chi connectivity index (χ4n) is 4.83. The van der Waals surface area contributed by atoms with Crippen LogP contribution in [0, 0.1) is 5.92 Å². The summed E-state index contributed by atoms with van der Waals surface area (Å²) in [7, 11) is 1.70. The summed E-state index contributed by atoms with van der Waals surface area (Å²) in [4.78, 5) is 15.2. The van der Waals surface area contributed by atoms with Crippen LogP contribution in [-0.4, -0.2) is 41.7 Å². The Morgan fingerprint density at radius 1 is 1.12 bits per heavy atom. The zero-order valence-corrected chi connectivity index (χ0v) is 15.1. The van der Waals surface area contributed by atoms with Gasteiger partial charge in [0, 0.05) is 24.1 Å². The second-order valence-corrected chi connectivity index (χ2v) is 7.95. The van der Waals surface area contributed by atoms with Gasteiger partial charge in [-0.2, -0.15) is 0 Å². The first-order valence-corrected chi connectivity index (χ1v) is 9.86. The molecule has 0 unspecified atom stereocenters. The first kappa shape index (κ1) is 16.9. The molecule has 1 heterocycles. The molecule has 0 aromatic heterocycles. The van der Waals surface area contributed by atoms with Gasteiger partial charge < -0.3 is 14.7 Å². The molecular formula is C21H29NO3. The number of benzene rings is 1. The predicted molar refractivity (Wildman–Crippen MR) is 97.0 cm³/mol. The standard InChI is InChI=1S/C21H29NO3/c1-25-20-11-10-15(13-17(20)14-8-9-14)21(24)22-12-4-6-18(22)16-5-2-3-7-19(16)23/h10-11,13-14,16,18-19,23H,2-9,12H2,1H3/t16-,18+,19+/m0/s1. The van der Waals surface area contributed by atoms with Gasteiger partial charge in [-0.15, -0.1) is 0 Å². The number of rotatable bonds is 4. The molecule has 2 saturated carbocycles. The number of likely N-dealkylation sites (tertiary alicyclic amines) is 1. The minimum absolute atomic E-state index is 0.129. The van der Waals surface area contributed by atoms with Gasteiger partial charge in [0.1, 0.15) is 5.75 Å². The fraction of sp³-hybridized carbons (Fsp3) is 0.667. The van der Waals surface area contributed by atoms with Crippen molar-refractivity contribution in [3.05, 3.63) is 29.3 Å². The molecule has 3 atom stereocenters. The molecule has 1 saturated heterocycles. The molecular weight excluding hydrogens is 314 g/mol. The van der Waals surface area contributed by atoms with Crippen LogP contribution < -0.4 is 4.74 Å². The highest BCUT2D eigenvalue weighted by atomic mass is 16.5. The van der Waals surface area contributed by atoms with Crippen molar-refractivity contribution in [3.63, 3.8) is 0 Å². The maximum atomic E-state index is 13.2. The summed E-state index contributed by atoms with van der Waals surface area (Å²) >= 11 is 0. The summed E-state index contributed by atoms with van der Waals surface area (Å²) < 4.78 is 5.48. The molecule has 0 bridgehead atoms. The van der Waals surface area contributed by atoms with E-state index < -0.39 is 0 Å². The summed E-state index contributed by atoms with van der Waals surface area (Å²) in [5, 5.41) is 10.4. The van der Waals surface area contributed by atoms with E-state index in [1.807, 2.05) is 23.1 Å². The molecule has 0 radical (unpaired) electrons. The summed E-state index contributed by atoms with van der Waals surface area (Å²) in [5.41, 5.74) is 1.96. The van der Waals surface area contributed by atoms with Crippen LogP contribution in [0.4, 0.5) is 0 Å². The zero-order chi connectivity index (χ0) is 17.4. The van der Waals surface area contributed by atoms with Crippen molar-refractivity contribution in [1.82, 2.24) is 4.90 Å². The lowest BCUT2D eigenvalue weighted by atomic mass is 9.80. The van der Waals surface area contributed by atoms with Crippen LogP contribution in [0.3, 0.4) is 0 Å². The average Bonchev–Trinajstić information content (AvgIpc) is 3.38. The van der Waals surface area contributed by atoms with Crippen molar-refractivity contribution in [2.45, 2.75) is 69.4 Å². The van der Waals surface area contributed by atoms with Crippen molar-refractivity contribution in [3.8, 4) is 5.75 Å². The van der Waals surface area contributed by atoms with Crippen LogP contribution in [-0.2, 0) is 0 Å². The third-order valence-corrected chi connectivity index (χ3v) is 6.33. The molecule has 4 heteroatoms. The second kappa shape index (κ2) is 6.99. The van der Waals surface area contributed by atoms with Crippen LogP contribution >= 0.6 is 0 Å². The number of hydrogen-bond donors (Lipinski definition) is 1. The zero-order valence-electron chi connectivity index (χ0n) is 15.1. The molecule has 4 rings (SSSR count). The Morgan fingerprint density at radius 2 is 1.92 bits per heavy atom. The number of amides is 1. The number of aliphatic hydroxyl groups excluding tert-OH is 1. The largest absolute Gasteiger partial charge is 0.496 e. The smallest absolute Gasteiger partial charge is 0.254 e. The lowest BCUT2D eigenvalue weighted by molar-refractivity contribution is 0.0211. The Kier molecular flexibility index (Phi) is 4.72. The maximum Gasteiger partial charge on any atom is 0.254 e. The van der Waals surface area contributed by atoms with E-state index in [0.717, 1.165) is 50.0 Å². The van der Waals surface area contributed by atoms with E-state index in [0.29, 0.717) is 5.92 Å². The minimum Gasteiger partial charge on any atom is -0.496 e. The Morgan fingerprint density at radius 3 is 2.64 bits per heavy atom. The van der Waals surface area contributed by atoms with Gasteiger partial charge in [-0.1, -0.05) is 12.8 Å². The normalized spacial score (nSPS) is 29.7. The Labute approximate surface area is 150 Å². The fourth-order valence-corrected chi connectivity index (χ4v) is 4.83. The molecule has 1 N–H and O–H groups in total. The summed E-state index contributed by atoms with van der Waals surface area (Å²) in [6.45, 7) is 0.817. The molecule has 4 nitrogen and oxygen atoms in total. The molecule has 1 aliphatic heterocycles. The Balaban J connectivity index is 1.56. The maximum absolute atomic E-state index is 13.2. The van der Waals surface area contributed by atoms with Crippen LogP contribution in [0.15, 0.2) is 18.2 Å². The van der Waals surface area contributed by atoms with Crippen molar-refractivity contribution in [2.24, 2.45) is 5.92 Å². The predicted octanol–water partition coefficient (Wildman–Crippen LogP) is 3.73. The first-order chi connectivity index (χ1) is 12.2.